The van der Waals surface area contributed by atoms with E-state index < -0.39 is 6.10 Å². The van der Waals surface area contributed by atoms with E-state index in [1.165, 1.54) is 11.1 Å². The molecule has 2 fully saturated rings. The van der Waals surface area contributed by atoms with Crippen molar-refractivity contribution in [2.24, 2.45) is 0 Å². The zero-order valence-corrected chi connectivity index (χ0v) is 19.1. The standard InChI is InChI=1S/C25H28ClN3O4/c26-21-9-16(25(32)29-18-6-7-19(29)14-33-13-18)5-8-20(21)24(31)28-12-23(30)22-10-15-3-1-2-4-17(15)11-27-22/h1-5,8-9,18-19,22-23,27,30H,6-7,10-14H2,(H,28,31)/t18?,19?,22-,23?/m0/s1. The maximum absolute atomic E-state index is 13.0. The lowest BCUT2D eigenvalue weighted by Gasteiger charge is -2.34. The first-order valence-electron chi connectivity index (χ1n) is 11.5. The number of ether oxygens (including phenoxy) is 1. The predicted molar refractivity (Wildman–Crippen MR) is 124 cm³/mol. The summed E-state index contributed by atoms with van der Waals surface area (Å²) in [5.41, 5.74) is 3.20. The van der Waals surface area contributed by atoms with Gasteiger partial charge in [-0.3, -0.25) is 9.59 Å². The Kier molecular flexibility index (Phi) is 6.38. The zero-order chi connectivity index (χ0) is 22.9. The average molecular weight is 470 g/mol. The number of aliphatic hydroxyl groups excluding tert-OH is 1. The molecule has 3 aliphatic heterocycles. The maximum atomic E-state index is 13.0. The molecular formula is C25H28ClN3O4. The van der Waals surface area contributed by atoms with Gasteiger partial charge in [0, 0.05) is 24.7 Å². The van der Waals surface area contributed by atoms with Crippen LogP contribution in [0.3, 0.4) is 0 Å². The molecule has 3 N–H and O–H groups in total. The first-order valence-corrected chi connectivity index (χ1v) is 11.9. The Morgan fingerprint density at radius 2 is 1.88 bits per heavy atom. The third-order valence-corrected chi connectivity index (χ3v) is 7.30. The largest absolute Gasteiger partial charge is 0.390 e. The van der Waals surface area contributed by atoms with Gasteiger partial charge in [0.15, 0.2) is 0 Å². The van der Waals surface area contributed by atoms with Crippen LogP contribution in [0.1, 0.15) is 44.7 Å². The summed E-state index contributed by atoms with van der Waals surface area (Å²) in [6, 6.07) is 13.0. The van der Waals surface area contributed by atoms with Crippen LogP contribution in [0.2, 0.25) is 5.02 Å². The highest BCUT2D eigenvalue weighted by Crippen LogP contribution is 2.31. The Labute approximate surface area is 198 Å². The summed E-state index contributed by atoms with van der Waals surface area (Å²) in [6.45, 7) is 1.94. The van der Waals surface area contributed by atoms with E-state index in [9.17, 15) is 14.7 Å². The normalized spacial score (nSPS) is 24.8. The van der Waals surface area contributed by atoms with Gasteiger partial charge in [-0.25, -0.2) is 0 Å². The summed E-state index contributed by atoms with van der Waals surface area (Å²) >= 11 is 6.38. The van der Waals surface area contributed by atoms with Crippen LogP contribution in [0.15, 0.2) is 42.5 Å². The van der Waals surface area contributed by atoms with Crippen LogP contribution >= 0.6 is 11.6 Å². The van der Waals surface area contributed by atoms with Crippen molar-refractivity contribution in [3.63, 3.8) is 0 Å². The third kappa shape index (κ3) is 4.51. The molecule has 0 spiro atoms. The molecule has 4 atom stereocenters. The van der Waals surface area contributed by atoms with Crippen LogP contribution in [0.25, 0.3) is 0 Å². The van der Waals surface area contributed by atoms with Crippen molar-refractivity contribution in [2.75, 3.05) is 19.8 Å². The monoisotopic (exact) mass is 469 g/mol. The fraction of sp³-hybridized carbons (Fsp3) is 0.440. The van der Waals surface area contributed by atoms with Crippen molar-refractivity contribution < 1.29 is 19.4 Å². The van der Waals surface area contributed by atoms with Crippen LogP contribution in [0.5, 0.6) is 0 Å². The van der Waals surface area contributed by atoms with Crippen molar-refractivity contribution in [3.05, 3.63) is 69.7 Å². The lowest BCUT2D eigenvalue weighted by Crippen LogP contribution is -2.49. The predicted octanol–water partition coefficient (Wildman–Crippen LogP) is 2.15. The molecule has 0 aromatic heterocycles. The minimum atomic E-state index is -0.737. The first kappa shape index (κ1) is 22.3. The number of halogens is 1. The number of carbonyl (C=O) groups is 2. The highest BCUT2D eigenvalue weighted by Gasteiger charge is 2.40. The number of rotatable bonds is 5. The Balaban J connectivity index is 1.19. The van der Waals surface area contributed by atoms with Gasteiger partial charge in [-0.1, -0.05) is 35.9 Å². The number of aliphatic hydroxyl groups is 1. The summed E-state index contributed by atoms with van der Waals surface area (Å²) in [5.74, 6) is -0.445. The highest BCUT2D eigenvalue weighted by atomic mass is 35.5. The molecule has 33 heavy (non-hydrogen) atoms. The Morgan fingerprint density at radius 3 is 2.61 bits per heavy atom. The number of hydrogen-bond acceptors (Lipinski definition) is 5. The van der Waals surface area contributed by atoms with Crippen molar-refractivity contribution in [2.45, 2.75) is 50.0 Å². The molecule has 0 radical (unpaired) electrons. The van der Waals surface area contributed by atoms with E-state index in [4.69, 9.17) is 16.3 Å². The number of hydrogen-bond donors (Lipinski definition) is 3. The molecule has 2 aromatic carbocycles. The second kappa shape index (κ2) is 9.43. The lowest BCUT2D eigenvalue weighted by atomic mass is 9.93. The van der Waals surface area contributed by atoms with Crippen LogP contribution in [0.4, 0.5) is 0 Å². The number of amides is 2. The Bertz CT molecular complexity index is 1050. The third-order valence-electron chi connectivity index (χ3n) is 6.98. The molecule has 2 aromatic rings. The number of fused-ring (bicyclic) bond motifs is 3. The van der Waals surface area contributed by atoms with E-state index in [0.717, 1.165) is 12.8 Å². The van der Waals surface area contributed by atoms with Crippen molar-refractivity contribution in [3.8, 4) is 0 Å². The molecule has 3 aliphatic rings. The van der Waals surface area contributed by atoms with Crippen LogP contribution < -0.4 is 10.6 Å². The number of nitrogens with one attached hydrogen (secondary N) is 2. The second-order valence-electron chi connectivity index (χ2n) is 9.07. The summed E-state index contributed by atoms with van der Waals surface area (Å²) < 4.78 is 5.56. The molecule has 3 unspecified atom stereocenters. The molecule has 2 amide bonds. The van der Waals surface area contributed by atoms with Crippen LogP contribution in [-0.2, 0) is 17.7 Å². The van der Waals surface area contributed by atoms with Crippen molar-refractivity contribution >= 4 is 23.4 Å². The summed E-state index contributed by atoms with van der Waals surface area (Å²) in [5, 5.41) is 16.9. The highest BCUT2D eigenvalue weighted by molar-refractivity contribution is 6.34. The fourth-order valence-corrected chi connectivity index (χ4v) is 5.39. The topological polar surface area (TPSA) is 90.9 Å². The van der Waals surface area contributed by atoms with E-state index in [0.29, 0.717) is 31.7 Å². The number of carbonyl (C=O) groups excluding carboxylic acids is 2. The lowest BCUT2D eigenvalue weighted by molar-refractivity contribution is -0.00716. The molecule has 3 heterocycles. The van der Waals surface area contributed by atoms with Gasteiger partial charge in [-0.15, -0.1) is 0 Å². The smallest absolute Gasteiger partial charge is 0.254 e. The van der Waals surface area contributed by atoms with E-state index in [-0.39, 0.29) is 47.1 Å². The van der Waals surface area contributed by atoms with Gasteiger partial charge in [0.25, 0.3) is 11.8 Å². The summed E-state index contributed by atoms with van der Waals surface area (Å²) in [6.07, 6.45) is 1.87. The molecule has 0 aliphatic carbocycles. The Hall–Kier alpha value is -2.45. The van der Waals surface area contributed by atoms with Gasteiger partial charge in [0.1, 0.15) is 0 Å². The van der Waals surface area contributed by atoms with Gasteiger partial charge in [-0.2, -0.15) is 0 Å². The molecule has 5 rings (SSSR count). The Morgan fingerprint density at radius 1 is 1.15 bits per heavy atom. The second-order valence-corrected chi connectivity index (χ2v) is 9.47. The number of morpholine rings is 1. The SMILES string of the molecule is O=C(NCC(O)[C@@H]1Cc2ccccc2CN1)c1ccc(C(=O)N2C3CCC2COC3)cc1Cl. The van der Waals surface area contributed by atoms with Crippen molar-refractivity contribution in [1.82, 2.24) is 15.5 Å². The van der Waals surface area contributed by atoms with E-state index in [1.54, 1.807) is 18.2 Å². The van der Waals surface area contributed by atoms with Gasteiger partial charge in [0.2, 0.25) is 0 Å². The molecule has 174 valence electrons. The molecule has 7 nitrogen and oxygen atoms in total. The van der Waals surface area contributed by atoms with Gasteiger partial charge >= 0.3 is 0 Å². The van der Waals surface area contributed by atoms with Gasteiger partial charge in [0.05, 0.1) is 42.0 Å². The minimum absolute atomic E-state index is 0.0706. The fourth-order valence-electron chi connectivity index (χ4n) is 5.13. The summed E-state index contributed by atoms with van der Waals surface area (Å²) in [4.78, 5) is 27.7. The number of nitrogens with zero attached hydrogens (tertiary/aromatic N) is 1. The molecule has 2 saturated heterocycles. The molecular weight excluding hydrogens is 442 g/mol. The molecule has 2 bridgehead atoms. The van der Waals surface area contributed by atoms with Crippen LogP contribution in [0, 0.1) is 0 Å². The average Bonchev–Trinajstić information content (AvgIpc) is 3.09. The summed E-state index contributed by atoms with van der Waals surface area (Å²) in [7, 11) is 0. The van der Waals surface area contributed by atoms with E-state index in [1.807, 2.05) is 17.0 Å². The number of benzene rings is 2. The molecule has 0 saturated carbocycles. The molecule has 8 heteroatoms. The van der Waals surface area contributed by atoms with Crippen molar-refractivity contribution in [1.29, 1.82) is 0 Å². The van der Waals surface area contributed by atoms with Gasteiger partial charge < -0.3 is 25.4 Å². The van der Waals surface area contributed by atoms with E-state index in [2.05, 4.69) is 22.8 Å². The minimum Gasteiger partial charge on any atom is -0.390 e. The maximum Gasteiger partial charge on any atom is 0.254 e. The zero-order valence-electron chi connectivity index (χ0n) is 18.3. The quantitative estimate of drug-likeness (QED) is 0.624. The van der Waals surface area contributed by atoms with Crippen LogP contribution in [-0.4, -0.2) is 65.8 Å². The van der Waals surface area contributed by atoms with Gasteiger partial charge in [-0.05, 0) is 48.6 Å². The van der Waals surface area contributed by atoms with E-state index >= 15 is 0 Å². The first-order chi connectivity index (χ1) is 16.0.